The molecule has 0 amide bonds. The Kier molecular flexibility index (Phi) is 2.79. The van der Waals surface area contributed by atoms with Crippen molar-refractivity contribution in [3.63, 3.8) is 0 Å². The molecule has 3 nitrogen and oxygen atoms in total. The van der Waals surface area contributed by atoms with Gasteiger partial charge in [0, 0.05) is 22.3 Å². The largest absolute Gasteiger partial charge is 0.506 e. The molecule has 0 aromatic heterocycles. The fourth-order valence-corrected chi connectivity index (χ4v) is 3.23. The zero-order valence-corrected chi connectivity index (χ0v) is 12.7. The molecular weight excluding hydrogens is 328 g/mol. The maximum absolute atomic E-state index is 10.3. The predicted octanol–water partition coefficient (Wildman–Crippen LogP) is 4.84. The monoisotopic (exact) mass is 340 g/mol. The molecule has 3 aromatic rings. The van der Waals surface area contributed by atoms with Crippen LogP contribution in [0.3, 0.4) is 0 Å². The number of hydrogen-bond acceptors (Lipinski definition) is 3. The van der Waals surface area contributed by atoms with Crippen molar-refractivity contribution < 1.29 is 5.11 Å². The number of benzene rings is 3. The Bertz CT molecular complexity index is 807. The molecule has 0 saturated carbocycles. The van der Waals surface area contributed by atoms with Crippen LogP contribution in [0.5, 0.6) is 5.75 Å². The van der Waals surface area contributed by atoms with Gasteiger partial charge in [-0.2, -0.15) is 0 Å². The van der Waals surface area contributed by atoms with Crippen molar-refractivity contribution in [1.29, 1.82) is 0 Å². The maximum Gasteiger partial charge on any atom is 0.136 e. The van der Waals surface area contributed by atoms with E-state index in [0.717, 1.165) is 16.9 Å². The first kappa shape index (κ1) is 12.5. The summed E-state index contributed by atoms with van der Waals surface area (Å²) < 4.78 is 0.695. The van der Waals surface area contributed by atoms with Crippen molar-refractivity contribution in [1.82, 2.24) is 0 Å². The van der Waals surface area contributed by atoms with Gasteiger partial charge in [-0.1, -0.05) is 36.4 Å². The number of halogens is 1. The summed E-state index contributed by atoms with van der Waals surface area (Å²) in [6.45, 7) is 0. The number of aromatic hydroxyl groups is 1. The van der Waals surface area contributed by atoms with Crippen LogP contribution in [0.1, 0.15) is 11.7 Å². The van der Waals surface area contributed by atoms with Crippen molar-refractivity contribution >= 4 is 38.1 Å². The molecule has 0 radical (unpaired) electrons. The van der Waals surface area contributed by atoms with E-state index < -0.39 is 0 Å². The lowest BCUT2D eigenvalue weighted by Gasteiger charge is -2.30. The second kappa shape index (κ2) is 4.67. The highest BCUT2D eigenvalue weighted by Gasteiger charge is 2.22. The van der Waals surface area contributed by atoms with Gasteiger partial charge in [0.05, 0.1) is 4.47 Å². The van der Waals surface area contributed by atoms with Gasteiger partial charge in [-0.3, -0.25) is 0 Å². The summed E-state index contributed by atoms with van der Waals surface area (Å²) in [4.78, 5) is 0. The minimum absolute atomic E-state index is 0.164. The van der Waals surface area contributed by atoms with E-state index in [-0.39, 0.29) is 11.9 Å². The Labute approximate surface area is 130 Å². The van der Waals surface area contributed by atoms with Crippen LogP contribution in [0.4, 0.5) is 11.4 Å². The van der Waals surface area contributed by atoms with Crippen LogP contribution >= 0.6 is 15.9 Å². The Morgan fingerprint density at radius 2 is 1.48 bits per heavy atom. The number of nitrogens with one attached hydrogen (secondary N) is 2. The number of para-hydroxylation sites is 1. The molecule has 1 aliphatic heterocycles. The molecule has 0 fully saturated rings. The van der Waals surface area contributed by atoms with Gasteiger partial charge in [0.15, 0.2) is 0 Å². The zero-order chi connectivity index (χ0) is 14.4. The van der Waals surface area contributed by atoms with E-state index in [2.05, 4.69) is 50.8 Å². The van der Waals surface area contributed by atoms with Crippen molar-refractivity contribution in [2.75, 3.05) is 10.6 Å². The van der Waals surface area contributed by atoms with Gasteiger partial charge < -0.3 is 15.7 Å². The maximum atomic E-state index is 10.3. The molecule has 3 aromatic carbocycles. The van der Waals surface area contributed by atoms with Gasteiger partial charge in [0.2, 0.25) is 0 Å². The van der Waals surface area contributed by atoms with Gasteiger partial charge in [-0.05, 0) is 39.5 Å². The van der Waals surface area contributed by atoms with Crippen molar-refractivity contribution in [2.24, 2.45) is 0 Å². The molecule has 0 unspecified atom stereocenters. The molecule has 4 heteroatoms. The van der Waals surface area contributed by atoms with E-state index in [9.17, 15) is 5.11 Å². The topological polar surface area (TPSA) is 44.3 Å². The SMILES string of the molecule is Oc1c(Br)cccc1C1Nc2cccc3cccc(c23)N1. The van der Waals surface area contributed by atoms with Crippen LogP contribution < -0.4 is 10.6 Å². The first-order valence-corrected chi connectivity index (χ1v) is 7.55. The summed E-state index contributed by atoms with van der Waals surface area (Å²) in [5, 5.41) is 19.6. The zero-order valence-electron chi connectivity index (χ0n) is 11.1. The number of phenolic OH excluding ortho intramolecular Hbond substituents is 1. The summed E-state index contributed by atoms with van der Waals surface area (Å²) in [6.07, 6.45) is -0.164. The highest BCUT2D eigenvalue weighted by molar-refractivity contribution is 9.10. The fourth-order valence-electron chi connectivity index (χ4n) is 2.85. The van der Waals surface area contributed by atoms with Crippen molar-refractivity contribution in [2.45, 2.75) is 6.17 Å². The highest BCUT2D eigenvalue weighted by atomic mass is 79.9. The molecule has 0 bridgehead atoms. The third kappa shape index (κ3) is 1.94. The molecule has 0 spiro atoms. The third-order valence-electron chi connectivity index (χ3n) is 3.83. The Balaban J connectivity index is 1.85. The van der Waals surface area contributed by atoms with E-state index in [4.69, 9.17) is 0 Å². The second-order valence-corrected chi connectivity index (χ2v) is 5.96. The lowest BCUT2D eigenvalue weighted by Crippen LogP contribution is -2.23. The average molecular weight is 341 g/mol. The molecule has 104 valence electrons. The van der Waals surface area contributed by atoms with E-state index in [0.29, 0.717) is 4.47 Å². The summed E-state index contributed by atoms with van der Waals surface area (Å²) in [5.41, 5.74) is 2.97. The summed E-state index contributed by atoms with van der Waals surface area (Å²) >= 11 is 3.37. The number of rotatable bonds is 1. The Morgan fingerprint density at radius 1 is 0.857 bits per heavy atom. The highest BCUT2D eigenvalue weighted by Crippen LogP contribution is 2.41. The van der Waals surface area contributed by atoms with Gasteiger partial charge in [0.25, 0.3) is 0 Å². The molecule has 0 saturated heterocycles. The lowest BCUT2D eigenvalue weighted by atomic mass is 10.0. The van der Waals surface area contributed by atoms with Crippen LogP contribution in [0.25, 0.3) is 10.8 Å². The Hall–Kier alpha value is -2.20. The minimum atomic E-state index is -0.164. The van der Waals surface area contributed by atoms with Gasteiger partial charge in [0.1, 0.15) is 11.9 Å². The quantitative estimate of drug-likeness (QED) is 0.593. The third-order valence-corrected chi connectivity index (χ3v) is 4.47. The summed E-state index contributed by atoms with van der Waals surface area (Å²) in [5.74, 6) is 0.258. The standard InChI is InChI=1S/C17H13BrN2O/c18-12-7-3-6-11(16(12)21)17-19-13-8-1-4-10-5-2-9-14(20-17)15(10)13/h1-9,17,19-21H. The molecule has 3 N–H and O–H groups in total. The number of phenols is 1. The van der Waals surface area contributed by atoms with Gasteiger partial charge in [-0.25, -0.2) is 0 Å². The first-order chi connectivity index (χ1) is 10.2. The average Bonchev–Trinajstić information content (AvgIpc) is 2.50. The second-order valence-electron chi connectivity index (χ2n) is 5.11. The number of anilines is 2. The predicted molar refractivity (Wildman–Crippen MR) is 89.7 cm³/mol. The smallest absolute Gasteiger partial charge is 0.136 e. The molecule has 4 rings (SSSR count). The number of hydrogen-bond donors (Lipinski definition) is 3. The van der Waals surface area contributed by atoms with Crippen LogP contribution in [0.15, 0.2) is 59.1 Å². The minimum Gasteiger partial charge on any atom is -0.506 e. The van der Waals surface area contributed by atoms with Crippen molar-refractivity contribution in [3.8, 4) is 5.75 Å². The fraction of sp³-hybridized carbons (Fsp3) is 0.0588. The van der Waals surface area contributed by atoms with Crippen LogP contribution in [-0.4, -0.2) is 5.11 Å². The summed E-state index contributed by atoms with van der Waals surface area (Å²) in [6, 6.07) is 18.1. The summed E-state index contributed by atoms with van der Waals surface area (Å²) in [7, 11) is 0. The van der Waals surface area contributed by atoms with E-state index in [1.54, 1.807) is 0 Å². The van der Waals surface area contributed by atoms with E-state index in [1.807, 2.05) is 30.3 Å². The normalized spacial score (nSPS) is 13.8. The lowest BCUT2D eigenvalue weighted by molar-refractivity contribution is 0.462. The van der Waals surface area contributed by atoms with Crippen molar-refractivity contribution in [3.05, 3.63) is 64.6 Å². The molecular formula is C17H13BrN2O. The van der Waals surface area contributed by atoms with Crippen LogP contribution in [0.2, 0.25) is 0 Å². The Morgan fingerprint density at radius 3 is 2.14 bits per heavy atom. The molecule has 0 atom stereocenters. The molecule has 1 heterocycles. The molecule has 0 aliphatic carbocycles. The van der Waals surface area contributed by atoms with Crippen LogP contribution in [0, 0.1) is 0 Å². The molecule has 1 aliphatic rings. The van der Waals surface area contributed by atoms with Gasteiger partial charge in [-0.15, -0.1) is 0 Å². The van der Waals surface area contributed by atoms with Gasteiger partial charge >= 0.3 is 0 Å². The van der Waals surface area contributed by atoms with Crippen LogP contribution in [-0.2, 0) is 0 Å². The van der Waals surface area contributed by atoms with E-state index in [1.165, 1.54) is 10.8 Å². The van der Waals surface area contributed by atoms with E-state index >= 15 is 0 Å². The first-order valence-electron chi connectivity index (χ1n) is 6.76. The molecule has 21 heavy (non-hydrogen) atoms.